The van der Waals surface area contributed by atoms with E-state index in [1.54, 1.807) is 0 Å². The number of nitrogens with one attached hydrogen (secondary N) is 1. The van der Waals surface area contributed by atoms with Gasteiger partial charge in [-0.25, -0.2) is 4.98 Å². The predicted octanol–water partition coefficient (Wildman–Crippen LogP) is 4.97. The van der Waals surface area contributed by atoms with Crippen molar-refractivity contribution < 1.29 is 9.53 Å². The van der Waals surface area contributed by atoms with Crippen LogP contribution >= 0.6 is 0 Å². The molecule has 1 fully saturated rings. The molecule has 0 bridgehead atoms. The minimum absolute atomic E-state index is 0.241. The molecule has 0 unspecified atom stereocenters. The van der Waals surface area contributed by atoms with E-state index >= 15 is 0 Å². The van der Waals surface area contributed by atoms with Gasteiger partial charge in [0.2, 0.25) is 5.91 Å². The Morgan fingerprint density at radius 2 is 1.84 bits per heavy atom. The number of unbranched alkanes of at least 4 members (excludes halogenated alkanes) is 2. The number of para-hydroxylation sites is 3. The highest BCUT2D eigenvalue weighted by molar-refractivity contribution is 5.80. The number of hydrogen-bond acceptors (Lipinski definition) is 3. The van der Waals surface area contributed by atoms with Gasteiger partial charge in [0.1, 0.15) is 18.2 Å². The molecule has 2 aromatic carbocycles. The number of carbonyl (C=O) groups is 1. The molecule has 0 aliphatic heterocycles. The summed E-state index contributed by atoms with van der Waals surface area (Å²) in [6, 6.07) is 14.6. The number of carbonyl (C=O) groups excluding carboxylic acids is 1. The first kappa shape index (κ1) is 21.4. The van der Waals surface area contributed by atoms with Crippen LogP contribution in [0.15, 0.2) is 42.5 Å². The Balaban J connectivity index is 1.32. The van der Waals surface area contributed by atoms with E-state index in [-0.39, 0.29) is 5.91 Å². The molecule has 3 aromatic rings. The topological polar surface area (TPSA) is 56.1 Å². The van der Waals surface area contributed by atoms with Gasteiger partial charge in [-0.3, -0.25) is 4.79 Å². The average molecular weight is 420 g/mol. The van der Waals surface area contributed by atoms with E-state index in [2.05, 4.69) is 60.1 Å². The molecule has 0 atom stereocenters. The number of nitrogens with zero attached hydrogens (tertiary/aromatic N) is 2. The van der Waals surface area contributed by atoms with E-state index in [4.69, 9.17) is 9.72 Å². The van der Waals surface area contributed by atoms with Crippen molar-refractivity contribution in [1.82, 2.24) is 14.9 Å². The summed E-state index contributed by atoms with van der Waals surface area (Å²) in [5.74, 6) is 2.64. The Labute approximate surface area is 184 Å². The van der Waals surface area contributed by atoms with Crippen LogP contribution < -0.4 is 10.1 Å². The highest BCUT2D eigenvalue weighted by atomic mass is 16.5. The standard InChI is InChI=1S/C26H33N3O2/c1-19-9-8-10-20(2)25(19)31-18-17-29-23-12-6-5-11-22(23)28-24(29)13-4-3-7-16-27-26(30)21-14-15-21/h5-6,8-12,21H,3-4,7,13-18H2,1-2H3,(H,27,30). The van der Waals surface area contributed by atoms with Crippen LogP contribution in [0.1, 0.15) is 49.1 Å². The normalized spacial score (nSPS) is 13.5. The first-order valence-corrected chi connectivity index (χ1v) is 11.5. The predicted molar refractivity (Wildman–Crippen MR) is 124 cm³/mol. The molecule has 0 spiro atoms. The van der Waals surface area contributed by atoms with Crippen molar-refractivity contribution in [2.45, 2.75) is 58.9 Å². The number of aryl methyl sites for hydroxylation is 3. The van der Waals surface area contributed by atoms with Crippen LogP contribution in [0.3, 0.4) is 0 Å². The molecule has 1 aromatic heterocycles. The smallest absolute Gasteiger partial charge is 0.223 e. The highest BCUT2D eigenvalue weighted by Gasteiger charge is 2.28. The van der Waals surface area contributed by atoms with Crippen molar-refractivity contribution in [1.29, 1.82) is 0 Å². The van der Waals surface area contributed by atoms with E-state index in [1.165, 1.54) is 16.6 Å². The molecule has 1 aliphatic rings. The fourth-order valence-electron chi connectivity index (χ4n) is 4.12. The molecule has 4 rings (SSSR count). The number of aromatic nitrogens is 2. The number of fused-ring (bicyclic) bond motifs is 1. The first-order valence-electron chi connectivity index (χ1n) is 11.5. The largest absolute Gasteiger partial charge is 0.491 e. The lowest BCUT2D eigenvalue weighted by Gasteiger charge is -2.14. The molecule has 0 saturated heterocycles. The Kier molecular flexibility index (Phi) is 6.90. The Bertz CT molecular complexity index is 1020. The maximum Gasteiger partial charge on any atom is 0.223 e. The van der Waals surface area contributed by atoms with Gasteiger partial charge >= 0.3 is 0 Å². The lowest BCUT2D eigenvalue weighted by molar-refractivity contribution is -0.122. The van der Waals surface area contributed by atoms with E-state index in [0.717, 1.165) is 68.7 Å². The number of amides is 1. The molecule has 5 nitrogen and oxygen atoms in total. The Hall–Kier alpha value is -2.82. The van der Waals surface area contributed by atoms with Gasteiger partial charge in [-0.1, -0.05) is 36.8 Å². The monoisotopic (exact) mass is 419 g/mol. The Morgan fingerprint density at radius 1 is 1.06 bits per heavy atom. The SMILES string of the molecule is Cc1cccc(C)c1OCCn1c(CCCCCNC(=O)C2CC2)nc2ccccc21. The van der Waals surface area contributed by atoms with Crippen LogP contribution in [0.2, 0.25) is 0 Å². The number of rotatable bonds is 11. The lowest BCUT2D eigenvalue weighted by Crippen LogP contribution is -2.25. The summed E-state index contributed by atoms with van der Waals surface area (Å²) in [6.07, 6.45) is 6.25. The zero-order chi connectivity index (χ0) is 21.6. The molecule has 0 radical (unpaired) electrons. The van der Waals surface area contributed by atoms with Crippen molar-refractivity contribution in [2.75, 3.05) is 13.2 Å². The van der Waals surface area contributed by atoms with E-state index in [1.807, 2.05) is 6.07 Å². The minimum atomic E-state index is 0.241. The summed E-state index contributed by atoms with van der Waals surface area (Å²) in [4.78, 5) is 16.6. The van der Waals surface area contributed by atoms with Crippen molar-refractivity contribution in [3.05, 3.63) is 59.4 Å². The second-order valence-electron chi connectivity index (χ2n) is 8.61. The van der Waals surface area contributed by atoms with Crippen LogP contribution in [0, 0.1) is 19.8 Å². The number of ether oxygens (including phenoxy) is 1. The molecule has 1 amide bonds. The third-order valence-corrected chi connectivity index (χ3v) is 6.03. The molecule has 1 saturated carbocycles. The van der Waals surface area contributed by atoms with Crippen LogP contribution in [-0.4, -0.2) is 28.6 Å². The molecule has 31 heavy (non-hydrogen) atoms. The van der Waals surface area contributed by atoms with Crippen molar-refractivity contribution in [3.8, 4) is 5.75 Å². The van der Waals surface area contributed by atoms with Crippen molar-refractivity contribution in [2.24, 2.45) is 5.92 Å². The van der Waals surface area contributed by atoms with Gasteiger partial charge in [-0.05, 0) is 62.8 Å². The fourth-order valence-corrected chi connectivity index (χ4v) is 4.12. The lowest BCUT2D eigenvalue weighted by atomic mass is 10.1. The summed E-state index contributed by atoms with van der Waals surface area (Å²) < 4.78 is 8.46. The Morgan fingerprint density at radius 3 is 2.61 bits per heavy atom. The number of hydrogen-bond donors (Lipinski definition) is 1. The molecular weight excluding hydrogens is 386 g/mol. The van der Waals surface area contributed by atoms with E-state index < -0.39 is 0 Å². The molecular formula is C26H33N3O2. The van der Waals surface area contributed by atoms with Crippen molar-refractivity contribution in [3.63, 3.8) is 0 Å². The maximum atomic E-state index is 11.7. The summed E-state index contributed by atoms with van der Waals surface area (Å²) in [5.41, 5.74) is 4.55. The summed E-state index contributed by atoms with van der Waals surface area (Å²) in [7, 11) is 0. The van der Waals surface area contributed by atoms with Gasteiger partial charge < -0.3 is 14.6 Å². The molecule has 1 N–H and O–H groups in total. The average Bonchev–Trinajstić information content (AvgIpc) is 3.55. The van der Waals surface area contributed by atoms with Gasteiger partial charge in [0.05, 0.1) is 17.6 Å². The zero-order valence-electron chi connectivity index (χ0n) is 18.7. The van der Waals surface area contributed by atoms with Gasteiger partial charge in [0.25, 0.3) is 0 Å². The fraction of sp³-hybridized carbons (Fsp3) is 0.462. The van der Waals surface area contributed by atoms with Crippen LogP contribution in [0.4, 0.5) is 0 Å². The molecule has 1 heterocycles. The number of benzene rings is 2. The van der Waals surface area contributed by atoms with Gasteiger partial charge in [-0.2, -0.15) is 0 Å². The summed E-state index contributed by atoms with van der Waals surface area (Å²) in [5, 5.41) is 3.05. The molecule has 1 aliphatic carbocycles. The quantitative estimate of drug-likeness (QED) is 0.446. The third-order valence-electron chi connectivity index (χ3n) is 6.03. The summed E-state index contributed by atoms with van der Waals surface area (Å²) >= 11 is 0. The van der Waals surface area contributed by atoms with Gasteiger partial charge in [-0.15, -0.1) is 0 Å². The maximum absolute atomic E-state index is 11.7. The highest BCUT2D eigenvalue weighted by Crippen LogP contribution is 2.28. The molecule has 164 valence electrons. The van der Waals surface area contributed by atoms with Gasteiger partial charge in [0.15, 0.2) is 0 Å². The summed E-state index contributed by atoms with van der Waals surface area (Å²) in [6.45, 7) is 6.36. The second-order valence-corrected chi connectivity index (χ2v) is 8.61. The number of imidazole rings is 1. The van der Waals surface area contributed by atoms with Gasteiger partial charge in [0, 0.05) is 18.9 Å². The second kappa shape index (κ2) is 9.99. The van der Waals surface area contributed by atoms with Crippen LogP contribution in [-0.2, 0) is 17.8 Å². The minimum Gasteiger partial charge on any atom is -0.491 e. The zero-order valence-corrected chi connectivity index (χ0v) is 18.7. The van der Waals surface area contributed by atoms with E-state index in [0.29, 0.717) is 12.5 Å². The first-order chi connectivity index (χ1) is 15.1. The van der Waals surface area contributed by atoms with E-state index in [9.17, 15) is 4.79 Å². The third kappa shape index (κ3) is 5.46. The van der Waals surface area contributed by atoms with Crippen LogP contribution in [0.5, 0.6) is 5.75 Å². The molecule has 5 heteroatoms. The van der Waals surface area contributed by atoms with Crippen LogP contribution in [0.25, 0.3) is 11.0 Å². The van der Waals surface area contributed by atoms with Crippen molar-refractivity contribution >= 4 is 16.9 Å².